The minimum absolute atomic E-state index is 0.661. The van der Waals surface area contributed by atoms with Crippen LogP contribution in [-0.2, 0) is 6.42 Å². The molecular weight excluding hydrogens is 276 g/mol. The Hall–Kier alpha value is -0.380. The van der Waals surface area contributed by atoms with Crippen molar-refractivity contribution in [2.75, 3.05) is 26.2 Å². The first-order chi connectivity index (χ1) is 8.34. The van der Waals surface area contributed by atoms with Crippen molar-refractivity contribution in [3.8, 4) is 0 Å². The molecule has 1 aliphatic heterocycles. The van der Waals surface area contributed by atoms with E-state index in [1.54, 1.807) is 11.1 Å². The van der Waals surface area contributed by atoms with Crippen LogP contribution >= 0.6 is 15.9 Å². The quantitative estimate of drug-likeness (QED) is 0.857. The molecule has 1 atom stereocenters. The molecule has 1 N–H and O–H groups in total. The van der Waals surface area contributed by atoms with E-state index >= 15 is 0 Å². The molecule has 1 heterocycles. The first-order valence-corrected chi connectivity index (χ1v) is 7.37. The third-order valence-electron chi connectivity index (χ3n) is 3.98. The molecule has 0 aromatic heterocycles. The number of hydrogen-bond donors (Lipinski definition) is 1. The van der Waals surface area contributed by atoms with Gasteiger partial charge in [0.25, 0.3) is 0 Å². The molecule has 0 amide bonds. The zero-order chi connectivity index (χ0) is 11.7. The van der Waals surface area contributed by atoms with E-state index in [1.807, 2.05) is 0 Å². The van der Waals surface area contributed by atoms with Crippen LogP contribution in [0.5, 0.6) is 0 Å². The predicted octanol–water partition coefficient (Wildman–Crippen LogP) is 2.73. The minimum Gasteiger partial charge on any atom is -0.314 e. The Morgan fingerprint density at radius 1 is 1.24 bits per heavy atom. The Bertz CT molecular complexity index is 399. The zero-order valence-electron chi connectivity index (χ0n) is 10.1. The number of nitrogens with one attached hydrogen (secondary N) is 1. The van der Waals surface area contributed by atoms with E-state index in [0.717, 1.165) is 13.1 Å². The number of halogens is 1. The number of aryl methyl sites for hydroxylation is 1. The van der Waals surface area contributed by atoms with Crippen LogP contribution in [0.2, 0.25) is 0 Å². The summed E-state index contributed by atoms with van der Waals surface area (Å²) in [6.07, 6.45) is 3.91. The van der Waals surface area contributed by atoms with Crippen molar-refractivity contribution < 1.29 is 0 Å². The highest BCUT2D eigenvalue weighted by Crippen LogP contribution is 2.35. The summed E-state index contributed by atoms with van der Waals surface area (Å²) in [5, 5.41) is 3.44. The van der Waals surface area contributed by atoms with Crippen LogP contribution in [0.25, 0.3) is 0 Å². The molecule has 1 fully saturated rings. The van der Waals surface area contributed by atoms with Crippen molar-refractivity contribution in [1.82, 2.24) is 10.2 Å². The lowest BCUT2D eigenvalue weighted by molar-refractivity contribution is 0.158. The molecule has 1 aliphatic carbocycles. The molecule has 0 bridgehead atoms. The average Bonchev–Trinajstić information content (AvgIpc) is 2.39. The summed E-state index contributed by atoms with van der Waals surface area (Å²) in [6.45, 7) is 4.67. The molecule has 1 saturated heterocycles. The fourth-order valence-corrected chi connectivity index (χ4v) is 3.54. The highest BCUT2D eigenvalue weighted by molar-refractivity contribution is 9.10. The zero-order valence-corrected chi connectivity index (χ0v) is 11.7. The molecule has 2 nitrogen and oxygen atoms in total. The van der Waals surface area contributed by atoms with Crippen molar-refractivity contribution in [1.29, 1.82) is 0 Å². The van der Waals surface area contributed by atoms with Gasteiger partial charge in [-0.15, -0.1) is 0 Å². The van der Waals surface area contributed by atoms with Crippen molar-refractivity contribution >= 4 is 15.9 Å². The standard InChI is InChI=1S/C14H19BrN2/c15-12-4-5-13-11(10-12)2-1-3-14(13)17-8-6-16-7-9-17/h4-5,10,14,16H,1-3,6-9H2/t14-/m0/s1. The molecule has 17 heavy (non-hydrogen) atoms. The lowest BCUT2D eigenvalue weighted by Gasteiger charge is -2.38. The van der Waals surface area contributed by atoms with Gasteiger partial charge >= 0.3 is 0 Å². The second kappa shape index (κ2) is 5.09. The molecule has 0 radical (unpaired) electrons. The van der Waals surface area contributed by atoms with Gasteiger partial charge in [-0.3, -0.25) is 4.90 Å². The second-order valence-electron chi connectivity index (χ2n) is 5.04. The Morgan fingerprint density at radius 3 is 2.88 bits per heavy atom. The van der Waals surface area contributed by atoms with Gasteiger partial charge in [0.15, 0.2) is 0 Å². The fourth-order valence-electron chi connectivity index (χ4n) is 3.13. The van der Waals surface area contributed by atoms with Crippen LogP contribution in [0.15, 0.2) is 22.7 Å². The molecule has 3 heteroatoms. The van der Waals surface area contributed by atoms with Crippen molar-refractivity contribution in [3.05, 3.63) is 33.8 Å². The van der Waals surface area contributed by atoms with Crippen LogP contribution < -0.4 is 5.32 Å². The monoisotopic (exact) mass is 294 g/mol. The van der Waals surface area contributed by atoms with Crippen molar-refractivity contribution in [3.63, 3.8) is 0 Å². The summed E-state index contributed by atoms with van der Waals surface area (Å²) in [6, 6.07) is 7.49. The highest BCUT2D eigenvalue weighted by Gasteiger charge is 2.26. The maximum absolute atomic E-state index is 3.58. The number of benzene rings is 1. The smallest absolute Gasteiger partial charge is 0.0352 e. The summed E-state index contributed by atoms with van der Waals surface area (Å²) in [4.78, 5) is 2.66. The summed E-state index contributed by atoms with van der Waals surface area (Å²) >= 11 is 3.58. The number of rotatable bonds is 1. The average molecular weight is 295 g/mol. The van der Waals surface area contributed by atoms with Crippen molar-refractivity contribution in [2.24, 2.45) is 0 Å². The Balaban J connectivity index is 1.88. The Kier molecular flexibility index (Phi) is 3.50. The van der Waals surface area contributed by atoms with Crippen LogP contribution in [0.4, 0.5) is 0 Å². The molecule has 0 unspecified atom stereocenters. The first kappa shape index (κ1) is 11.7. The first-order valence-electron chi connectivity index (χ1n) is 6.58. The van der Waals surface area contributed by atoms with Crippen LogP contribution in [0.1, 0.15) is 30.0 Å². The largest absolute Gasteiger partial charge is 0.314 e. The fraction of sp³-hybridized carbons (Fsp3) is 0.571. The van der Waals surface area contributed by atoms with Gasteiger partial charge in [0.05, 0.1) is 0 Å². The van der Waals surface area contributed by atoms with E-state index in [1.165, 1.54) is 36.8 Å². The van der Waals surface area contributed by atoms with E-state index in [4.69, 9.17) is 0 Å². The van der Waals surface area contributed by atoms with Crippen LogP contribution in [0, 0.1) is 0 Å². The van der Waals surface area contributed by atoms with E-state index in [-0.39, 0.29) is 0 Å². The summed E-state index contributed by atoms with van der Waals surface area (Å²) in [5.41, 5.74) is 3.12. The van der Waals surface area contributed by atoms with Gasteiger partial charge in [-0.25, -0.2) is 0 Å². The summed E-state index contributed by atoms with van der Waals surface area (Å²) < 4.78 is 1.22. The van der Waals surface area contributed by atoms with Gasteiger partial charge in [-0.05, 0) is 42.5 Å². The van der Waals surface area contributed by atoms with Gasteiger partial charge in [0.2, 0.25) is 0 Å². The normalized spacial score (nSPS) is 25.6. The molecule has 0 spiro atoms. The van der Waals surface area contributed by atoms with E-state index in [9.17, 15) is 0 Å². The van der Waals surface area contributed by atoms with E-state index in [2.05, 4.69) is 44.3 Å². The third-order valence-corrected chi connectivity index (χ3v) is 4.47. The lowest BCUT2D eigenvalue weighted by Crippen LogP contribution is -2.45. The number of nitrogens with zero attached hydrogens (tertiary/aromatic N) is 1. The maximum Gasteiger partial charge on any atom is 0.0352 e. The van der Waals surface area contributed by atoms with Gasteiger partial charge < -0.3 is 5.32 Å². The summed E-state index contributed by atoms with van der Waals surface area (Å²) in [5.74, 6) is 0. The second-order valence-corrected chi connectivity index (χ2v) is 5.95. The van der Waals surface area contributed by atoms with Gasteiger partial charge in [-0.1, -0.05) is 22.0 Å². The van der Waals surface area contributed by atoms with Crippen molar-refractivity contribution in [2.45, 2.75) is 25.3 Å². The molecular formula is C14H19BrN2. The minimum atomic E-state index is 0.661. The van der Waals surface area contributed by atoms with Crippen LogP contribution in [-0.4, -0.2) is 31.1 Å². The Labute approximate surface area is 112 Å². The molecule has 0 saturated carbocycles. The Morgan fingerprint density at radius 2 is 2.06 bits per heavy atom. The highest BCUT2D eigenvalue weighted by atomic mass is 79.9. The van der Waals surface area contributed by atoms with Gasteiger partial charge in [-0.2, -0.15) is 0 Å². The molecule has 1 aromatic carbocycles. The number of piperazine rings is 1. The SMILES string of the molecule is Brc1ccc2c(c1)CCC[C@@H]2N1CCNCC1. The van der Waals surface area contributed by atoms with Gasteiger partial charge in [0, 0.05) is 36.7 Å². The molecule has 3 rings (SSSR count). The van der Waals surface area contributed by atoms with Gasteiger partial charge in [0.1, 0.15) is 0 Å². The number of fused-ring (bicyclic) bond motifs is 1. The maximum atomic E-state index is 3.58. The molecule has 2 aliphatic rings. The molecule has 1 aromatic rings. The number of hydrogen-bond acceptors (Lipinski definition) is 2. The van der Waals surface area contributed by atoms with E-state index in [0.29, 0.717) is 6.04 Å². The lowest BCUT2D eigenvalue weighted by atomic mass is 9.86. The van der Waals surface area contributed by atoms with Crippen LogP contribution in [0.3, 0.4) is 0 Å². The summed E-state index contributed by atoms with van der Waals surface area (Å²) in [7, 11) is 0. The van der Waals surface area contributed by atoms with E-state index < -0.39 is 0 Å². The topological polar surface area (TPSA) is 15.3 Å². The predicted molar refractivity (Wildman–Crippen MR) is 74.3 cm³/mol. The molecule has 92 valence electrons. The third kappa shape index (κ3) is 2.42.